The average Bonchev–Trinajstić information content (AvgIpc) is 3.05. The first-order valence-electron chi connectivity index (χ1n) is 6.21. The minimum absolute atomic E-state index is 0.195. The van der Waals surface area contributed by atoms with Crippen LogP contribution in [0.1, 0.15) is 5.69 Å². The summed E-state index contributed by atoms with van der Waals surface area (Å²) >= 11 is 0.648. The molecule has 0 aliphatic rings. The highest BCUT2D eigenvalue weighted by atomic mass is 32.1. The molecule has 0 atom stereocenters. The standard InChI is InChI=1S/C12H8F3N5O2S/c13-12(14,15)7-6-23-10(16-7)17-9(21)5-20-11(22)19-4-2-1-3-8(19)18-20/h1-4,6H,5H2,(H,16,17,21). The summed E-state index contributed by atoms with van der Waals surface area (Å²) in [6.45, 7) is -0.429. The van der Waals surface area contributed by atoms with E-state index in [4.69, 9.17) is 0 Å². The Balaban J connectivity index is 1.75. The number of carbonyl (C=O) groups is 1. The Morgan fingerprint density at radius 2 is 2.13 bits per heavy atom. The van der Waals surface area contributed by atoms with Crippen molar-refractivity contribution in [3.05, 3.63) is 46.0 Å². The van der Waals surface area contributed by atoms with Gasteiger partial charge in [-0.2, -0.15) is 13.2 Å². The number of amides is 1. The maximum Gasteiger partial charge on any atom is 0.434 e. The summed E-state index contributed by atoms with van der Waals surface area (Å²) in [5, 5.41) is 6.76. The molecular weight excluding hydrogens is 335 g/mol. The Morgan fingerprint density at radius 3 is 2.78 bits per heavy atom. The van der Waals surface area contributed by atoms with Crippen LogP contribution in [-0.2, 0) is 17.5 Å². The number of hydrogen-bond acceptors (Lipinski definition) is 5. The molecule has 3 aromatic rings. The van der Waals surface area contributed by atoms with Crippen molar-refractivity contribution < 1.29 is 18.0 Å². The van der Waals surface area contributed by atoms with Gasteiger partial charge in [-0.05, 0) is 12.1 Å². The molecule has 0 bridgehead atoms. The number of nitrogens with one attached hydrogen (secondary N) is 1. The van der Waals surface area contributed by atoms with Crippen LogP contribution in [0.5, 0.6) is 0 Å². The van der Waals surface area contributed by atoms with Crippen molar-refractivity contribution in [1.29, 1.82) is 0 Å². The number of rotatable bonds is 3. The predicted molar refractivity (Wildman–Crippen MR) is 75.2 cm³/mol. The van der Waals surface area contributed by atoms with Crippen LogP contribution in [0, 0.1) is 0 Å². The van der Waals surface area contributed by atoms with Crippen LogP contribution >= 0.6 is 11.3 Å². The molecule has 7 nitrogen and oxygen atoms in total. The zero-order valence-corrected chi connectivity index (χ0v) is 12.1. The van der Waals surface area contributed by atoms with E-state index in [9.17, 15) is 22.8 Å². The van der Waals surface area contributed by atoms with E-state index in [0.29, 0.717) is 17.0 Å². The Kier molecular flexibility index (Phi) is 3.64. The highest BCUT2D eigenvalue weighted by molar-refractivity contribution is 7.13. The van der Waals surface area contributed by atoms with Crippen molar-refractivity contribution in [1.82, 2.24) is 19.2 Å². The molecule has 0 fully saturated rings. The van der Waals surface area contributed by atoms with Crippen LogP contribution in [0.3, 0.4) is 0 Å². The van der Waals surface area contributed by atoms with E-state index >= 15 is 0 Å². The fourth-order valence-corrected chi connectivity index (χ4v) is 2.56. The summed E-state index contributed by atoms with van der Waals surface area (Å²) < 4.78 is 39.5. The van der Waals surface area contributed by atoms with Gasteiger partial charge in [0.1, 0.15) is 6.54 Å². The highest BCUT2D eigenvalue weighted by Gasteiger charge is 2.33. The molecule has 120 valence electrons. The molecule has 0 aliphatic heterocycles. The summed E-state index contributed by atoms with van der Waals surface area (Å²) in [6, 6.07) is 4.90. The van der Waals surface area contributed by atoms with Crippen LogP contribution in [-0.4, -0.2) is 25.1 Å². The first kappa shape index (κ1) is 15.2. The lowest BCUT2D eigenvalue weighted by Crippen LogP contribution is -2.28. The molecule has 1 amide bonds. The van der Waals surface area contributed by atoms with Gasteiger partial charge in [0.25, 0.3) is 0 Å². The Bertz CT molecular complexity index is 927. The third kappa shape index (κ3) is 3.08. The molecule has 3 rings (SSSR count). The molecular formula is C12H8F3N5O2S. The first-order valence-corrected chi connectivity index (χ1v) is 7.09. The smallest absolute Gasteiger partial charge is 0.300 e. The number of carbonyl (C=O) groups excluding carboxylic acids is 1. The van der Waals surface area contributed by atoms with E-state index in [2.05, 4.69) is 15.4 Å². The maximum absolute atomic E-state index is 12.4. The second kappa shape index (κ2) is 5.50. The predicted octanol–water partition coefficient (Wildman–Crippen LogP) is 1.61. The monoisotopic (exact) mass is 343 g/mol. The molecule has 0 saturated heterocycles. The lowest BCUT2D eigenvalue weighted by molar-refractivity contribution is -0.140. The largest absolute Gasteiger partial charge is 0.434 e. The second-order valence-electron chi connectivity index (χ2n) is 4.45. The Labute approximate surface area is 130 Å². The molecule has 11 heteroatoms. The number of aromatic nitrogens is 4. The van der Waals surface area contributed by atoms with E-state index < -0.39 is 30.0 Å². The molecule has 0 aliphatic carbocycles. The summed E-state index contributed by atoms with van der Waals surface area (Å²) in [4.78, 5) is 27.1. The third-order valence-corrected chi connectivity index (χ3v) is 3.58. The Morgan fingerprint density at radius 1 is 1.35 bits per heavy atom. The second-order valence-corrected chi connectivity index (χ2v) is 5.31. The first-order chi connectivity index (χ1) is 10.8. The molecule has 0 unspecified atom stereocenters. The third-order valence-electron chi connectivity index (χ3n) is 2.82. The van der Waals surface area contributed by atoms with E-state index in [1.54, 1.807) is 18.2 Å². The summed E-state index contributed by atoms with van der Waals surface area (Å²) in [7, 11) is 0. The van der Waals surface area contributed by atoms with Crippen LogP contribution in [0.25, 0.3) is 5.65 Å². The van der Waals surface area contributed by atoms with Crippen molar-refractivity contribution >= 4 is 28.0 Å². The zero-order valence-electron chi connectivity index (χ0n) is 11.2. The number of fused-ring (bicyclic) bond motifs is 1. The van der Waals surface area contributed by atoms with Crippen LogP contribution < -0.4 is 11.0 Å². The molecule has 3 heterocycles. The fourth-order valence-electron chi connectivity index (χ4n) is 1.83. The van der Waals surface area contributed by atoms with Gasteiger partial charge in [0.05, 0.1) is 0 Å². The van der Waals surface area contributed by atoms with Crippen molar-refractivity contribution in [2.75, 3.05) is 5.32 Å². The minimum atomic E-state index is -4.57. The normalized spacial score (nSPS) is 11.8. The average molecular weight is 343 g/mol. The van der Waals surface area contributed by atoms with Crippen LogP contribution in [0.4, 0.5) is 18.3 Å². The number of anilines is 1. The van der Waals surface area contributed by atoms with E-state index in [-0.39, 0.29) is 5.13 Å². The molecule has 0 aromatic carbocycles. The van der Waals surface area contributed by atoms with Gasteiger partial charge in [0.2, 0.25) is 5.91 Å². The molecule has 3 aromatic heterocycles. The van der Waals surface area contributed by atoms with Crippen molar-refractivity contribution in [3.63, 3.8) is 0 Å². The van der Waals surface area contributed by atoms with Gasteiger partial charge < -0.3 is 5.32 Å². The minimum Gasteiger partial charge on any atom is -0.300 e. The molecule has 0 radical (unpaired) electrons. The van der Waals surface area contributed by atoms with Gasteiger partial charge >= 0.3 is 11.9 Å². The fraction of sp³-hybridized carbons (Fsp3) is 0.167. The number of nitrogens with zero attached hydrogens (tertiary/aromatic N) is 4. The summed E-state index contributed by atoms with van der Waals surface area (Å²) in [6.07, 6.45) is -3.08. The van der Waals surface area contributed by atoms with Gasteiger partial charge in [-0.25, -0.2) is 14.5 Å². The number of halogens is 3. The van der Waals surface area contributed by atoms with Crippen LogP contribution in [0.15, 0.2) is 34.6 Å². The lowest BCUT2D eigenvalue weighted by Gasteiger charge is -2.02. The SMILES string of the molecule is O=C(Cn1nc2ccccn2c1=O)Nc1nc(C(F)(F)F)cs1. The summed E-state index contributed by atoms with van der Waals surface area (Å²) in [5.74, 6) is -0.696. The van der Waals surface area contributed by atoms with E-state index in [0.717, 1.165) is 10.1 Å². The molecule has 1 N–H and O–H groups in total. The van der Waals surface area contributed by atoms with Crippen molar-refractivity contribution in [3.8, 4) is 0 Å². The number of thiazole rings is 1. The summed E-state index contributed by atoms with van der Waals surface area (Å²) in [5.41, 5.74) is -1.24. The Hall–Kier alpha value is -2.69. The number of alkyl halides is 3. The topological polar surface area (TPSA) is 81.3 Å². The van der Waals surface area contributed by atoms with Gasteiger partial charge in [0.15, 0.2) is 16.5 Å². The zero-order chi connectivity index (χ0) is 16.6. The van der Waals surface area contributed by atoms with Crippen molar-refractivity contribution in [2.24, 2.45) is 0 Å². The maximum atomic E-state index is 12.4. The van der Waals surface area contributed by atoms with Gasteiger partial charge in [-0.3, -0.25) is 9.20 Å². The van der Waals surface area contributed by atoms with Crippen LogP contribution in [0.2, 0.25) is 0 Å². The highest BCUT2D eigenvalue weighted by Crippen LogP contribution is 2.31. The van der Waals surface area contributed by atoms with E-state index in [1.165, 1.54) is 10.6 Å². The van der Waals surface area contributed by atoms with Gasteiger partial charge in [-0.1, -0.05) is 6.07 Å². The molecule has 0 saturated carbocycles. The number of pyridine rings is 1. The molecule has 0 spiro atoms. The quantitative estimate of drug-likeness (QED) is 0.783. The lowest BCUT2D eigenvalue weighted by atomic mass is 10.5. The molecule has 23 heavy (non-hydrogen) atoms. The number of hydrogen-bond donors (Lipinski definition) is 1. The van der Waals surface area contributed by atoms with Gasteiger partial charge in [-0.15, -0.1) is 16.4 Å². The van der Waals surface area contributed by atoms with Gasteiger partial charge in [0, 0.05) is 11.6 Å². The van der Waals surface area contributed by atoms with Crippen molar-refractivity contribution in [2.45, 2.75) is 12.7 Å². The van der Waals surface area contributed by atoms with E-state index in [1.807, 2.05) is 0 Å².